The fraction of sp³-hybridized carbons (Fsp3) is 0.807. The molecule has 71 heavy (non-hydrogen) atoms. The minimum Gasteiger partial charge on any atom is -0.457 e. The van der Waals surface area contributed by atoms with Crippen LogP contribution in [-0.2, 0) is 33.2 Å². The SMILES string of the molecule is CCCCC/C=C\C/C=C\C/C=C\CCCCCCCCC(=O)OC(COCCCCCCCCCC/C=C\C/C=C\CCCCC)COC1OC(COC2OC(CO)C(O)C(O)C2O)C(O)C(O)C1O. The highest BCUT2D eigenvalue weighted by molar-refractivity contribution is 5.69. The molecule has 0 amide bonds. The molecule has 2 rings (SSSR count). The molecule has 412 valence electrons. The zero-order valence-corrected chi connectivity index (χ0v) is 43.9. The maximum Gasteiger partial charge on any atom is 0.306 e. The molecule has 0 bridgehead atoms. The first kappa shape index (κ1) is 64.8. The van der Waals surface area contributed by atoms with Gasteiger partial charge in [0.05, 0.1) is 26.4 Å². The second-order valence-corrected chi connectivity index (χ2v) is 19.4. The van der Waals surface area contributed by atoms with E-state index < -0.39 is 86.7 Å². The van der Waals surface area contributed by atoms with E-state index in [-0.39, 0.29) is 19.6 Å². The van der Waals surface area contributed by atoms with Gasteiger partial charge in [0.2, 0.25) is 0 Å². The maximum absolute atomic E-state index is 13.1. The van der Waals surface area contributed by atoms with E-state index in [0.717, 1.165) is 83.5 Å². The van der Waals surface area contributed by atoms with Crippen LogP contribution in [0.2, 0.25) is 0 Å². The summed E-state index contributed by atoms with van der Waals surface area (Å²) in [6.07, 6.45) is 37.0. The Balaban J connectivity index is 1.75. The molecule has 0 aromatic carbocycles. The fourth-order valence-corrected chi connectivity index (χ4v) is 8.44. The van der Waals surface area contributed by atoms with E-state index in [4.69, 9.17) is 28.4 Å². The third kappa shape index (κ3) is 31.2. The van der Waals surface area contributed by atoms with Crippen molar-refractivity contribution in [3.8, 4) is 0 Å². The molecular weight excluding hydrogens is 909 g/mol. The number of allylic oxidation sites excluding steroid dienone is 10. The quantitative estimate of drug-likeness (QED) is 0.0172. The number of aliphatic hydroxyl groups is 7. The monoisotopic (exact) mass is 1010 g/mol. The average molecular weight is 1010 g/mol. The average Bonchev–Trinajstić information content (AvgIpc) is 3.37. The van der Waals surface area contributed by atoms with Crippen molar-refractivity contribution in [1.29, 1.82) is 0 Å². The van der Waals surface area contributed by atoms with Crippen LogP contribution < -0.4 is 0 Å². The van der Waals surface area contributed by atoms with Gasteiger partial charge in [0, 0.05) is 13.0 Å². The Bertz CT molecular complexity index is 1400. The maximum atomic E-state index is 13.1. The largest absolute Gasteiger partial charge is 0.457 e. The minimum atomic E-state index is -1.71. The van der Waals surface area contributed by atoms with Crippen LogP contribution in [0.5, 0.6) is 0 Å². The van der Waals surface area contributed by atoms with Gasteiger partial charge >= 0.3 is 5.97 Å². The number of unbranched alkanes of at least 4 members (excludes halogenated alkanes) is 20. The molecule has 0 aromatic heterocycles. The van der Waals surface area contributed by atoms with Gasteiger partial charge in [-0.2, -0.15) is 0 Å². The van der Waals surface area contributed by atoms with Gasteiger partial charge in [-0.05, 0) is 83.5 Å². The summed E-state index contributed by atoms with van der Waals surface area (Å²) >= 11 is 0. The summed E-state index contributed by atoms with van der Waals surface area (Å²) in [5.41, 5.74) is 0. The van der Waals surface area contributed by atoms with Crippen molar-refractivity contribution in [2.24, 2.45) is 0 Å². The third-order valence-electron chi connectivity index (χ3n) is 13.0. The molecule has 2 heterocycles. The number of carbonyl (C=O) groups is 1. The lowest BCUT2D eigenvalue weighted by Crippen LogP contribution is -2.61. The molecule has 2 aliphatic rings. The molecule has 7 N–H and O–H groups in total. The molecule has 0 saturated carbocycles. The molecule has 14 heteroatoms. The van der Waals surface area contributed by atoms with Gasteiger partial charge in [0.15, 0.2) is 12.6 Å². The van der Waals surface area contributed by atoms with E-state index in [1.807, 2.05) is 0 Å². The topological polar surface area (TPSA) is 214 Å². The van der Waals surface area contributed by atoms with Gasteiger partial charge in [0.25, 0.3) is 0 Å². The van der Waals surface area contributed by atoms with E-state index in [1.165, 1.54) is 83.5 Å². The first-order valence-electron chi connectivity index (χ1n) is 27.9. The molecular formula is C57H100O14. The number of esters is 1. The highest BCUT2D eigenvalue weighted by Gasteiger charge is 2.47. The molecule has 2 aliphatic heterocycles. The zero-order valence-electron chi connectivity index (χ0n) is 43.9. The van der Waals surface area contributed by atoms with Gasteiger partial charge < -0.3 is 64.2 Å². The number of carbonyl (C=O) groups excluding carboxylic acids is 1. The predicted molar refractivity (Wildman–Crippen MR) is 279 cm³/mol. The minimum absolute atomic E-state index is 0.0499. The van der Waals surface area contributed by atoms with Crippen molar-refractivity contribution < 1.29 is 69.0 Å². The Labute approximate surface area is 428 Å². The van der Waals surface area contributed by atoms with Gasteiger partial charge in [-0.3, -0.25) is 4.79 Å². The van der Waals surface area contributed by atoms with Crippen LogP contribution >= 0.6 is 0 Å². The number of hydrogen-bond donors (Lipinski definition) is 7. The molecule has 0 aliphatic carbocycles. The van der Waals surface area contributed by atoms with Crippen molar-refractivity contribution >= 4 is 5.97 Å². The normalized spacial score (nSPS) is 25.8. The van der Waals surface area contributed by atoms with Crippen molar-refractivity contribution in [1.82, 2.24) is 0 Å². The molecule has 11 atom stereocenters. The number of aliphatic hydroxyl groups excluding tert-OH is 7. The molecule has 2 saturated heterocycles. The van der Waals surface area contributed by atoms with Gasteiger partial charge in [-0.1, -0.05) is 164 Å². The Kier molecular flexibility index (Phi) is 40.2. The van der Waals surface area contributed by atoms with Crippen molar-refractivity contribution in [2.75, 3.05) is 33.0 Å². The van der Waals surface area contributed by atoms with Gasteiger partial charge in [-0.25, -0.2) is 0 Å². The summed E-state index contributed by atoms with van der Waals surface area (Å²) in [6.45, 7) is 3.61. The number of hydrogen-bond acceptors (Lipinski definition) is 14. The fourth-order valence-electron chi connectivity index (χ4n) is 8.44. The Morgan fingerprint density at radius 1 is 0.465 bits per heavy atom. The van der Waals surface area contributed by atoms with Gasteiger partial charge in [0.1, 0.15) is 54.9 Å². The van der Waals surface area contributed by atoms with Crippen LogP contribution in [0.25, 0.3) is 0 Å². The molecule has 11 unspecified atom stereocenters. The van der Waals surface area contributed by atoms with Crippen molar-refractivity contribution in [2.45, 2.75) is 261 Å². The highest BCUT2D eigenvalue weighted by atomic mass is 16.7. The van der Waals surface area contributed by atoms with Crippen LogP contribution in [0.3, 0.4) is 0 Å². The standard InChI is InChI=1S/C57H100O14/c1-3-5-7-9-11-13-15-17-19-21-23-24-26-28-30-32-34-36-38-40-49(59)69-46(43-66-41-39-37-35-33-31-29-27-25-22-20-18-16-14-12-10-8-6-4-2)44-67-56-55(65)53(63)51(61)48(71-56)45-68-57-54(64)52(62)50(60)47(42-58)70-57/h11-14,17-20,23-24,46-48,50-58,60-65H,3-10,15-16,21-22,25-45H2,1-2H3/b13-11-,14-12-,19-17-,20-18-,24-23-. The van der Waals surface area contributed by atoms with Crippen molar-refractivity contribution in [3.05, 3.63) is 60.8 Å². The van der Waals surface area contributed by atoms with Crippen LogP contribution in [0.4, 0.5) is 0 Å². The summed E-state index contributed by atoms with van der Waals surface area (Å²) in [7, 11) is 0. The Morgan fingerprint density at radius 2 is 0.873 bits per heavy atom. The zero-order chi connectivity index (χ0) is 51.6. The van der Waals surface area contributed by atoms with Gasteiger partial charge in [-0.15, -0.1) is 0 Å². The van der Waals surface area contributed by atoms with E-state index >= 15 is 0 Å². The molecule has 0 radical (unpaired) electrons. The molecule has 14 nitrogen and oxygen atoms in total. The van der Waals surface area contributed by atoms with E-state index in [2.05, 4.69) is 74.6 Å². The second kappa shape index (κ2) is 44.0. The predicted octanol–water partition coefficient (Wildman–Crippen LogP) is 9.30. The van der Waals surface area contributed by atoms with E-state index in [1.54, 1.807) is 0 Å². The second-order valence-electron chi connectivity index (χ2n) is 19.4. The van der Waals surface area contributed by atoms with Crippen LogP contribution in [0.15, 0.2) is 60.8 Å². The Hall–Kier alpha value is -2.31. The lowest BCUT2D eigenvalue weighted by Gasteiger charge is -2.42. The summed E-state index contributed by atoms with van der Waals surface area (Å²) in [5.74, 6) is -0.392. The number of ether oxygens (including phenoxy) is 6. The van der Waals surface area contributed by atoms with E-state index in [0.29, 0.717) is 13.0 Å². The smallest absolute Gasteiger partial charge is 0.306 e. The van der Waals surface area contributed by atoms with Crippen molar-refractivity contribution in [3.63, 3.8) is 0 Å². The third-order valence-corrected chi connectivity index (χ3v) is 13.0. The van der Waals surface area contributed by atoms with Crippen LogP contribution in [0, 0.1) is 0 Å². The van der Waals surface area contributed by atoms with E-state index in [9.17, 15) is 40.5 Å². The highest BCUT2D eigenvalue weighted by Crippen LogP contribution is 2.26. The van der Waals surface area contributed by atoms with Crippen LogP contribution in [-0.4, -0.2) is 142 Å². The summed E-state index contributed by atoms with van der Waals surface area (Å²) < 4.78 is 34.3. The van der Waals surface area contributed by atoms with Crippen LogP contribution in [0.1, 0.15) is 194 Å². The Morgan fingerprint density at radius 3 is 1.37 bits per heavy atom. The molecule has 0 aromatic rings. The first-order valence-corrected chi connectivity index (χ1v) is 27.9. The molecule has 0 spiro atoms. The number of rotatable bonds is 44. The summed E-state index contributed by atoms with van der Waals surface area (Å²) in [6, 6.07) is 0. The summed E-state index contributed by atoms with van der Waals surface area (Å²) in [4.78, 5) is 13.1. The summed E-state index contributed by atoms with van der Waals surface area (Å²) in [5, 5.41) is 72.3. The lowest BCUT2D eigenvalue weighted by molar-refractivity contribution is -0.332. The first-order chi connectivity index (χ1) is 34.6. The lowest BCUT2D eigenvalue weighted by atomic mass is 9.98. The molecule has 2 fully saturated rings.